The summed E-state index contributed by atoms with van der Waals surface area (Å²) in [4.78, 5) is 10.4. The van der Waals surface area contributed by atoms with Crippen LogP contribution in [0.4, 0.5) is 0 Å². The van der Waals surface area contributed by atoms with E-state index in [4.69, 9.17) is 14.7 Å². The van der Waals surface area contributed by atoms with Crippen LogP contribution in [0, 0.1) is 11.3 Å². The number of nitriles is 1. The zero-order chi connectivity index (χ0) is 28.4. The summed E-state index contributed by atoms with van der Waals surface area (Å²) in [5.41, 5.74) is 5.94. The Hall–Kier alpha value is -5.53. The van der Waals surface area contributed by atoms with Gasteiger partial charge in [0.25, 0.3) is 0 Å². The molecule has 0 spiro atoms. The van der Waals surface area contributed by atoms with Crippen molar-refractivity contribution >= 4 is 32.4 Å². The number of rotatable bonds is 2. The molecule has 0 amide bonds. The van der Waals surface area contributed by atoms with E-state index in [0.29, 0.717) is 11.4 Å². The number of para-hydroxylation sites is 2. The Morgan fingerprint density at radius 1 is 0.643 bits per heavy atom. The van der Waals surface area contributed by atoms with Gasteiger partial charge in [-0.1, -0.05) is 92.7 Å². The first-order valence-corrected chi connectivity index (χ1v) is 14.1. The number of aromatic nitrogens is 2. The van der Waals surface area contributed by atoms with Gasteiger partial charge < -0.3 is 4.74 Å². The van der Waals surface area contributed by atoms with Gasteiger partial charge in [-0.25, -0.2) is 9.97 Å². The van der Waals surface area contributed by atoms with Crippen LogP contribution < -0.4 is 4.74 Å². The van der Waals surface area contributed by atoms with Crippen molar-refractivity contribution in [1.29, 1.82) is 5.26 Å². The van der Waals surface area contributed by atoms with Crippen molar-refractivity contribution in [3.63, 3.8) is 0 Å². The highest BCUT2D eigenvalue weighted by atomic mass is 16.5. The molecule has 0 bridgehead atoms. The third-order valence-electron chi connectivity index (χ3n) is 8.55. The van der Waals surface area contributed by atoms with Gasteiger partial charge in [-0.2, -0.15) is 5.26 Å². The quantitative estimate of drug-likeness (QED) is 0.205. The second-order valence-electron chi connectivity index (χ2n) is 11.3. The molecule has 1 aliphatic rings. The van der Waals surface area contributed by atoms with Gasteiger partial charge in [0.05, 0.1) is 22.8 Å². The molecule has 0 fully saturated rings. The van der Waals surface area contributed by atoms with E-state index in [0.717, 1.165) is 61.1 Å². The summed E-state index contributed by atoms with van der Waals surface area (Å²) in [6.07, 6.45) is 0. The van der Waals surface area contributed by atoms with Crippen molar-refractivity contribution < 1.29 is 4.74 Å². The average molecular weight is 540 g/mol. The predicted octanol–water partition coefficient (Wildman–Crippen LogP) is 9.57. The van der Waals surface area contributed by atoms with E-state index in [-0.39, 0.29) is 5.41 Å². The minimum absolute atomic E-state index is 0.369. The maximum Gasteiger partial charge on any atom is 0.161 e. The molecular weight excluding hydrogens is 514 g/mol. The van der Waals surface area contributed by atoms with E-state index in [1.807, 2.05) is 36.4 Å². The van der Waals surface area contributed by atoms with E-state index in [1.54, 1.807) is 0 Å². The van der Waals surface area contributed by atoms with Crippen molar-refractivity contribution in [2.75, 3.05) is 0 Å². The molecule has 42 heavy (non-hydrogen) atoms. The molecule has 6 aromatic carbocycles. The molecule has 4 nitrogen and oxygen atoms in total. The Morgan fingerprint density at radius 2 is 1.38 bits per heavy atom. The first kappa shape index (κ1) is 24.3. The van der Waals surface area contributed by atoms with Gasteiger partial charge >= 0.3 is 0 Å². The molecule has 7 aromatic rings. The molecule has 0 unspecified atom stereocenters. The van der Waals surface area contributed by atoms with Crippen LogP contribution in [-0.4, -0.2) is 9.97 Å². The van der Waals surface area contributed by atoms with Crippen molar-refractivity contribution in [3.05, 3.63) is 132 Å². The van der Waals surface area contributed by atoms with Gasteiger partial charge in [0.2, 0.25) is 0 Å². The Balaban J connectivity index is 1.41. The summed E-state index contributed by atoms with van der Waals surface area (Å²) in [6.45, 7) is 4.37. The standard InChI is InChI=1S/C38H25N3O/c1-38(2)31-16-9-15-29(36(31)42-34-19-18-23(22-39)20-32(34)38)35-28-14-7-8-17-33(28)40-37(41-35)30-21-24-10-3-4-11-25(24)26-12-5-6-13-27(26)30/h3-21H,1-2H3. The van der Waals surface area contributed by atoms with Crippen LogP contribution in [0.3, 0.4) is 0 Å². The van der Waals surface area contributed by atoms with Crippen molar-refractivity contribution in [2.24, 2.45) is 0 Å². The molecule has 4 heteroatoms. The summed E-state index contributed by atoms with van der Waals surface area (Å²) in [5.74, 6) is 2.23. The highest BCUT2D eigenvalue weighted by Crippen LogP contribution is 2.52. The average Bonchev–Trinajstić information content (AvgIpc) is 3.03. The van der Waals surface area contributed by atoms with Gasteiger partial charge in [-0.05, 0) is 57.9 Å². The fourth-order valence-electron chi connectivity index (χ4n) is 6.40. The van der Waals surface area contributed by atoms with Crippen LogP contribution >= 0.6 is 0 Å². The highest BCUT2D eigenvalue weighted by molar-refractivity contribution is 6.13. The summed E-state index contributed by atoms with van der Waals surface area (Å²) >= 11 is 0. The van der Waals surface area contributed by atoms with Gasteiger partial charge in [0.1, 0.15) is 11.5 Å². The van der Waals surface area contributed by atoms with E-state index in [1.165, 1.54) is 10.8 Å². The zero-order valence-corrected chi connectivity index (χ0v) is 23.2. The van der Waals surface area contributed by atoms with Gasteiger partial charge in [-0.15, -0.1) is 0 Å². The van der Waals surface area contributed by atoms with E-state index < -0.39 is 0 Å². The van der Waals surface area contributed by atoms with Gasteiger partial charge in [0.15, 0.2) is 5.82 Å². The maximum atomic E-state index is 9.54. The fraction of sp³-hybridized carbons (Fsp3) is 0.0789. The largest absolute Gasteiger partial charge is 0.456 e. The summed E-state index contributed by atoms with van der Waals surface area (Å²) in [7, 11) is 0. The number of hydrogen-bond donors (Lipinski definition) is 0. The number of ether oxygens (including phenoxy) is 1. The summed E-state index contributed by atoms with van der Waals surface area (Å²) in [5, 5.41) is 15.2. The molecule has 0 atom stereocenters. The lowest BCUT2D eigenvalue weighted by Gasteiger charge is -2.35. The Bertz CT molecular complexity index is 2280. The molecule has 0 aliphatic carbocycles. The monoisotopic (exact) mass is 539 g/mol. The topological polar surface area (TPSA) is 58.8 Å². The van der Waals surface area contributed by atoms with Crippen LogP contribution in [0.15, 0.2) is 115 Å². The molecule has 0 radical (unpaired) electrons. The fourth-order valence-corrected chi connectivity index (χ4v) is 6.40. The third kappa shape index (κ3) is 3.54. The first-order valence-electron chi connectivity index (χ1n) is 14.1. The minimum Gasteiger partial charge on any atom is -0.456 e. The lowest BCUT2D eigenvalue weighted by atomic mass is 9.74. The molecule has 198 valence electrons. The summed E-state index contributed by atoms with van der Waals surface area (Å²) < 4.78 is 6.65. The van der Waals surface area contributed by atoms with E-state index >= 15 is 0 Å². The predicted molar refractivity (Wildman–Crippen MR) is 169 cm³/mol. The number of nitrogens with zero attached hydrogens (tertiary/aromatic N) is 3. The smallest absolute Gasteiger partial charge is 0.161 e. The number of benzene rings is 6. The van der Waals surface area contributed by atoms with Gasteiger partial charge in [0, 0.05) is 33.1 Å². The maximum absolute atomic E-state index is 9.54. The first-order chi connectivity index (χ1) is 20.5. The Kier molecular flexibility index (Phi) is 5.20. The molecule has 0 N–H and O–H groups in total. The molecule has 8 rings (SSSR count). The SMILES string of the molecule is CC1(C)c2cc(C#N)ccc2Oc2c(-c3nc(-c4cc5ccccc5c5ccccc45)nc4ccccc34)cccc21. The van der Waals surface area contributed by atoms with E-state index in [2.05, 4.69) is 98.8 Å². The van der Waals surface area contributed by atoms with Gasteiger partial charge in [-0.3, -0.25) is 0 Å². The van der Waals surface area contributed by atoms with Crippen molar-refractivity contribution in [3.8, 4) is 40.2 Å². The lowest BCUT2D eigenvalue weighted by molar-refractivity contribution is 0.419. The second kappa shape index (κ2) is 8.99. The highest BCUT2D eigenvalue weighted by Gasteiger charge is 2.36. The molecule has 1 aliphatic heterocycles. The molecule has 0 saturated carbocycles. The normalized spacial score (nSPS) is 13.4. The molecular formula is C38H25N3O. The molecule has 1 aromatic heterocycles. The Labute approximate surface area is 243 Å². The van der Waals surface area contributed by atoms with Crippen LogP contribution in [0.1, 0.15) is 30.5 Å². The lowest BCUT2D eigenvalue weighted by Crippen LogP contribution is -2.24. The third-order valence-corrected chi connectivity index (χ3v) is 8.55. The van der Waals surface area contributed by atoms with Crippen LogP contribution in [-0.2, 0) is 5.41 Å². The second-order valence-corrected chi connectivity index (χ2v) is 11.3. The van der Waals surface area contributed by atoms with Crippen LogP contribution in [0.5, 0.6) is 11.5 Å². The van der Waals surface area contributed by atoms with E-state index in [9.17, 15) is 5.26 Å². The summed E-state index contributed by atoms with van der Waals surface area (Å²) in [6, 6.07) is 41.5. The zero-order valence-electron chi connectivity index (χ0n) is 23.2. The minimum atomic E-state index is -0.369. The Morgan fingerprint density at radius 3 is 2.21 bits per heavy atom. The molecule has 2 heterocycles. The van der Waals surface area contributed by atoms with Crippen molar-refractivity contribution in [1.82, 2.24) is 9.97 Å². The van der Waals surface area contributed by atoms with Crippen LogP contribution in [0.25, 0.3) is 55.1 Å². The number of fused-ring (bicyclic) bond motifs is 6. The van der Waals surface area contributed by atoms with Crippen LogP contribution in [0.2, 0.25) is 0 Å². The number of hydrogen-bond acceptors (Lipinski definition) is 4. The molecule has 0 saturated heterocycles. The van der Waals surface area contributed by atoms with Crippen molar-refractivity contribution in [2.45, 2.75) is 19.3 Å².